The second kappa shape index (κ2) is 6.39. The smallest absolute Gasteiger partial charge is 0.291 e. The van der Waals surface area contributed by atoms with Crippen LogP contribution in [0.4, 0.5) is 0 Å². The van der Waals surface area contributed by atoms with Crippen LogP contribution in [0.25, 0.3) is 21.9 Å². The second-order valence-corrected chi connectivity index (χ2v) is 8.47. The van der Waals surface area contributed by atoms with Crippen molar-refractivity contribution < 1.29 is 4.21 Å². The first-order valence-electron chi connectivity index (χ1n) is 9.10. The number of nitrogens with one attached hydrogen (secondary N) is 1. The molecule has 0 bridgehead atoms. The number of aromatic amines is 1. The largest absolute Gasteiger partial charge is 0.346 e. The van der Waals surface area contributed by atoms with Gasteiger partial charge in [-0.25, -0.2) is 18.2 Å². The highest BCUT2D eigenvalue weighted by atomic mass is 32.2. The van der Waals surface area contributed by atoms with Gasteiger partial charge in [0.1, 0.15) is 11.2 Å². The van der Waals surface area contributed by atoms with Gasteiger partial charge in [-0.1, -0.05) is 0 Å². The van der Waals surface area contributed by atoms with Crippen LogP contribution in [-0.4, -0.2) is 45.6 Å². The van der Waals surface area contributed by atoms with Crippen LogP contribution in [0.15, 0.2) is 35.4 Å². The van der Waals surface area contributed by atoms with E-state index < -0.39 is 11.0 Å². The van der Waals surface area contributed by atoms with Gasteiger partial charge in [0, 0.05) is 42.5 Å². The van der Waals surface area contributed by atoms with Crippen molar-refractivity contribution in [2.75, 3.05) is 12.8 Å². The van der Waals surface area contributed by atoms with Crippen LogP contribution >= 0.6 is 0 Å². The minimum atomic E-state index is -1.02. The molecule has 8 nitrogen and oxygen atoms in total. The summed E-state index contributed by atoms with van der Waals surface area (Å²) in [6.45, 7) is 1.61. The first-order valence-corrected chi connectivity index (χ1v) is 10.6. The Kier molecular flexibility index (Phi) is 3.95. The SMILES string of the molecule is Cn1c2c(c3cnn(Cc4ccc5cc[nH]c5n4)c(=O)c31)CCN(S(C)=O)C2. The van der Waals surface area contributed by atoms with E-state index in [1.54, 1.807) is 12.5 Å². The van der Waals surface area contributed by atoms with Crippen molar-refractivity contribution in [3.63, 3.8) is 0 Å². The number of H-pyrrole nitrogens is 1. The van der Waals surface area contributed by atoms with E-state index in [0.717, 1.165) is 46.3 Å². The summed E-state index contributed by atoms with van der Waals surface area (Å²) in [5.41, 5.74) is 4.27. The zero-order valence-corrected chi connectivity index (χ0v) is 16.5. The molecule has 4 aromatic rings. The standard InChI is InChI=1S/C19H20N6O2S/c1-23-16-11-24(28(2)27)8-6-14(16)15-9-21-25(19(26)17(15)23)10-13-4-3-12-5-7-20-18(12)22-13/h3-5,7,9H,6,8,10-11H2,1-2H3,(H,20,22). The minimum Gasteiger partial charge on any atom is -0.346 e. The Balaban J connectivity index is 1.58. The van der Waals surface area contributed by atoms with Crippen molar-refractivity contribution >= 4 is 32.9 Å². The molecule has 1 aliphatic rings. The molecule has 1 atom stereocenters. The van der Waals surface area contributed by atoms with Gasteiger partial charge < -0.3 is 9.55 Å². The molecule has 0 saturated heterocycles. The van der Waals surface area contributed by atoms with Crippen molar-refractivity contribution in [1.29, 1.82) is 0 Å². The molecule has 1 N–H and O–H groups in total. The zero-order valence-electron chi connectivity index (χ0n) is 15.7. The fourth-order valence-electron chi connectivity index (χ4n) is 4.02. The third kappa shape index (κ3) is 2.61. The highest BCUT2D eigenvalue weighted by Crippen LogP contribution is 2.28. The van der Waals surface area contributed by atoms with Gasteiger partial charge in [-0.05, 0) is 30.2 Å². The summed E-state index contributed by atoms with van der Waals surface area (Å²) in [4.78, 5) is 20.8. The van der Waals surface area contributed by atoms with E-state index in [1.165, 1.54) is 4.68 Å². The molecule has 28 heavy (non-hydrogen) atoms. The fourth-order valence-corrected chi connectivity index (χ4v) is 4.68. The minimum absolute atomic E-state index is 0.132. The maximum Gasteiger partial charge on any atom is 0.291 e. The molecule has 0 radical (unpaired) electrons. The Bertz CT molecular complexity index is 1300. The van der Waals surface area contributed by atoms with E-state index in [9.17, 15) is 9.00 Å². The van der Waals surface area contributed by atoms with Gasteiger partial charge in [0.25, 0.3) is 5.56 Å². The van der Waals surface area contributed by atoms with E-state index in [-0.39, 0.29) is 5.56 Å². The van der Waals surface area contributed by atoms with Gasteiger partial charge >= 0.3 is 0 Å². The highest BCUT2D eigenvalue weighted by molar-refractivity contribution is 7.81. The number of aromatic nitrogens is 5. The average molecular weight is 396 g/mol. The number of hydrogen-bond donors (Lipinski definition) is 1. The third-order valence-corrected chi connectivity index (χ3v) is 6.55. The Morgan fingerprint density at radius 3 is 2.96 bits per heavy atom. The molecule has 1 unspecified atom stereocenters. The average Bonchev–Trinajstić information content (AvgIpc) is 3.26. The number of rotatable bonds is 3. The van der Waals surface area contributed by atoms with Crippen molar-refractivity contribution in [3.8, 4) is 0 Å². The number of hydrogen-bond acceptors (Lipinski definition) is 4. The summed E-state index contributed by atoms with van der Waals surface area (Å²) in [6, 6.07) is 5.86. The van der Waals surface area contributed by atoms with Crippen LogP contribution in [0.3, 0.4) is 0 Å². The summed E-state index contributed by atoms with van der Waals surface area (Å²) in [7, 11) is 0.877. The van der Waals surface area contributed by atoms with Gasteiger partial charge in [0.05, 0.1) is 36.0 Å². The lowest BCUT2D eigenvalue weighted by atomic mass is 10.1. The third-order valence-electron chi connectivity index (χ3n) is 5.51. The molecule has 144 valence electrons. The summed E-state index contributed by atoms with van der Waals surface area (Å²) >= 11 is 0. The van der Waals surface area contributed by atoms with Crippen LogP contribution in [0.2, 0.25) is 0 Å². The van der Waals surface area contributed by atoms with E-state index in [0.29, 0.717) is 18.6 Å². The highest BCUT2D eigenvalue weighted by Gasteiger charge is 2.26. The first kappa shape index (κ1) is 17.3. The van der Waals surface area contributed by atoms with Gasteiger partial charge in [0.2, 0.25) is 0 Å². The number of aryl methyl sites for hydroxylation is 1. The summed E-state index contributed by atoms with van der Waals surface area (Å²) in [5.74, 6) is 0. The predicted molar refractivity (Wildman–Crippen MR) is 108 cm³/mol. The molecule has 0 aliphatic carbocycles. The number of fused-ring (bicyclic) bond motifs is 4. The molecule has 0 aromatic carbocycles. The molecule has 0 saturated carbocycles. The lowest BCUT2D eigenvalue weighted by Crippen LogP contribution is -2.32. The molecular formula is C19H20N6O2S. The Morgan fingerprint density at radius 1 is 1.29 bits per heavy atom. The molecule has 0 spiro atoms. The van der Waals surface area contributed by atoms with Crippen LogP contribution in [-0.2, 0) is 37.5 Å². The quantitative estimate of drug-likeness (QED) is 0.566. The second-order valence-electron chi connectivity index (χ2n) is 7.11. The van der Waals surface area contributed by atoms with Crippen molar-refractivity contribution in [2.24, 2.45) is 7.05 Å². The Labute approximate surface area is 163 Å². The molecule has 5 heterocycles. The van der Waals surface area contributed by atoms with Crippen molar-refractivity contribution in [3.05, 3.63) is 57.9 Å². The van der Waals surface area contributed by atoms with E-state index in [1.807, 2.05) is 40.3 Å². The Hall–Kier alpha value is -2.78. The van der Waals surface area contributed by atoms with Crippen LogP contribution in [0, 0.1) is 0 Å². The van der Waals surface area contributed by atoms with Crippen molar-refractivity contribution in [1.82, 2.24) is 28.6 Å². The first-order chi connectivity index (χ1) is 13.5. The van der Waals surface area contributed by atoms with E-state index in [4.69, 9.17) is 0 Å². The normalized spacial score (nSPS) is 15.9. The molecule has 0 fully saturated rings. The number of pyridine rings is 1. The molecule has 5 rings (SSSR count). The molecule has 0 amide bonds. The van der Waals surface area contributed by atoms with Crippen LogP contribution in [0.5, 0.6) is 0 Å². The van der Waals surface area contributed by atoms with Crippen LogP contribution < -0.4 is 5.56 Å². The van der Waals surface area contributed by atoms with Crippen LogP contribution in [0.1, 0.15) is 17.0 Å². The fraction of sp³-hybridized carbons (Fsp3) is 0.316. The lowest BCUT2D eigenvalue weighted by molar-refractivity contribution is 0.412. The monoisotopic (exact) mass is 396 g/mol. The molecule has 1 aliphatic heterocycles. The van der Waals surface area contributed by atoms with Gasteiger partial charge in [-0.2, -0.15) is 5.10 Å². The van der Waals surface area contributed by atoms with Gasteiger partial charge in [-0.15, -0.1) is 0 Å². The molecule has 9 heteroatoms. The van der Waals surface area contributed by atoms with Crippen molar-refractivity contribution in [2.45, 2.75) is 19.5 Å². The van der Waals surface area contributed by atoms with Gasteiger partial charge in [0.15, 0.2) is 0 Å². The maximum atomic E-state index is 13.2. The Morgan fingerprint density at radius 2 is 2.14 bits per heavy atom. The summed E-state index contributed by atoms with van der Waals surface area (Å²) in [6.07, 6.45) is 6.08. The van der Waals surface area contributed by atoms with E-state index >= 15 is 0 Å². The zero-order chi connectivity index (χ0) is 19.4. The number of nitrogens with zero attached hydrogens (tertiary/aromatic N) is 5. The predicted octanol–water partition coefficient (Wildman–Crippen LogP) is 1.31. The maximum absolute atomic E-state index is 13.2. The molecular weight excluding hydrogens is 376 g/mol. The summed E-state index contributed by atoms with van der Waals surface area (Å²) in [5, 5.41) is 6.34. The summed E-state index contributed by atoms with van der Waals surface area (Å²) < 4.78 is 17.2. The topological polar surface area (TPSA) is 88.8 Å². The lowest BCUT2D eigenvalue weighted by Gasteiger charge is -2.25. The van der Waals surface area contributed by atoms with Gasteiger partial charge in [-0.3, -0.25) is 4.79 Å². The van der Waals surface area contributed by atoms with E-state index in [2.05, 4.69) is 15.1 Å². The molecule has 4 aromatic heterocycles.